The van der Waals surface area contributed by atoms with Gasteiger partial charge in [0.05, 0.1) is 0 Å². The van der Waals surface area contributed by atoms with Gasteiger partial charge in [-0.05, 0) is 0 Å². The first-order chi connectivity index (χ1) is 11.3. The Balaban J connectivity index is 2.05. The van der Waals surface area contributed by atoms with Crippen molar-refractivity contribution in [2.24, 2.45) is 0 Å². The van der Waals surface area contributed by atoms with Crippen LogP contribution in [0.25, 0.3) is 0 Å². The summed E-state index contributed by atoms with van der Waals surface area (Å²) in [6, 6.07) is 21.7. The summed E-state index contributed by atoms with van der Waals surface area (Å²) in [5, 5.41) is 0.541. The quantitative estimate of drug-likeness (QED) is 0.303. The summed E-state index contributed by atoms with van der Waals surface area (Å²) >= 11 is 2.41. The van der Waals surface area contributed by atoms with Gasteiger partial charge in [0.15, 0.2) is 0 Å². The van der Waals surface area contributed by atoms with Crippen LogP contribution in [0.5, 0.6) is 0 Å². The molecule has 2 heteroatoms. The number of hydrogen-bond acceptors (Lipinski definition) is 1. The van der Waals surface area contributed by atoms with Crippen LogP contribution in [0.2, 0.25) is 0 Å². The van der Waals surface area contributed by atoms with E-state index in [9.17, 15) is 0 Å². The van der Waals surface area contributed by atoms with Gasteiger partial charge in [-0.1, -0.05) is 0 Å². The fourth-order valence-electron chi connectivity index (χ4n) is 2.32. The Labute approximate surface area is 151 Å². The number of unbranched alkanes of at least 4 members (excludes halogenated alkanes) is 3. The van der Waals surface area contributed by atoms with Gasteiger partial charge in [0.25, 0.3) is 0 Å². The molecule has 0 N–H and O–H groups in total. The molecule has 1 unspecified atom stereocenters. The van der Waals surface area contributed by atoms with Gasteiger partial charge in [0.1, 0.15) is 0 Å². The maximum absolute atomic E-state index is 2.52. The molecule has 0 amide bonds. The van der Waals surface area contributed by atoms with Crippen LogP contribution in [0.3, 0.4) is 0 Å². The minimum atomic E-state index is 0.425. The summed E-state index contributed by atoms with van der Waals surface area (Å²) in [6.45, 7) is 4.63. The van der Waals surface area contributed by atoms with E-state index in [4.69, 9.17) is 0 Å². The van der Waals surface area contributed by atoms with E-state index in [-0.39, 0.29) is 0 Å². The van der Waals surface area contributed by atoms with Crippen molar-refractivity contribution in [2.45, 2.75) is 49.7 Å². The van der Waals surface area contributed by atoms with Crippen molar-refractivity contribution in [3.05, 3.63) is 71.2 Å². The zero-order chi connectivity index (χ0) is 16.3. The molecule has 0 aliphatic rings. The first-order valence-electron chi connectivity index (χ1n) is 8.44. The molecule has 0 aliphatic carbocycles. The molecule has 2 aromatic carbocycles. The molecule has 2 rings (SSSR count). The molecule has 0 fully saturated rings. The SMILES string of the molecule is CCCCC/C=C(\[Se]c1ccccc1)C(C)Sc1ccccc1. The Hall–Kier alpha value is -0.951. The summed E-state index contributed by atoms with van der Waals surface area (Å²) in [5.41, 5.74) is 0. The van der Waals surface area contributed by atoms with Crippen LogP contribution < -0.4 is 4.46 Å². The Morgan fingerprint density at radius 2 is 1.65 bits per heavy atom. The van der Waals surface area contributed by atoms with Crippen molar-refractivity contribution in [1.82, 2.24) is 0 Å². The molecule has 2 aromatic rings. The number of thioether (sulfide) groups is 1. The van der Waals surface area contributed by atoms with E-state index < -0.39 is 0 Å². The maximum atomic E-state index is 2.52. The molecule has 0 nitrogen and oxygen atoms in total. The summed E-state index contributed by atoms with van der Waals surface area (Å²) in [7, 11) is 0. The second-order valence-electron chi connectivity index (χ2n) is 5.59. The van der Waals surface area contributed by atoms with Crippen LogP contribution in [0.4, 0.5) is 0 Å². The van der Waals surface area contributed by atoms with Gasteiger partial charge in [0, 0.05) is 0 Å². The van der Waals surface area contributed by atoms with Crippen molar-refractivity contribution in [3.8, 4) is 0 Å². The van der Waals surface area contributed by atoms with Gasteiger partial charge in [-0.25, -0.2) is 0 Å². The Morgan fingerprint density at radius 3 is 2.30 bits per heavy atom. The second-order valence-corrected chi connectivity index (χ2v) is 9.41. The molecular formula is C21H26SSe. The third-order valence-corrected chi connectivity index (χ3v) is 7.73. The van der Waals surface area contributed by atoms with Gasteiger partial charge in [-0.3, -0.25) is 0 Å². The second kappa shape index (κ2) is 10.8. The first-order valence-corrected chi connectivity index (χ1v) is 11.0. The molecule has 1 atom stereocenters. The zero-order valence-corrected chi connectivity index (χ0v) is 16.6. The van der Waals surface area contributed by atoms with E-state index in [0.717, 1.165) is 0 Å². The van der Waals surface area contributed by atoms with Gasteiger partial charge < -0.3 is 0 Å². The van der Waals surface area contributed by atoms with Gasteiger partial charge in [-0.15, -0.1) is 0 Å². The van der Waals surface area contributed by atoms with Crippen LogP contribution >= 0.6 is 11.8 Å². The number of benzene rings is 2. The van der Waals surface area contributed by atoms with Gasteiger partial charge in [-0.2, -0.15) is 0 Å². The summed E-state index contributed by atoms with van der Waals surface area (Å²) in [5.74, 6) is 0. The Bertz CT molecular complexity index is 577. The summed E-state index contributed by atoms with van der Waals surface area (Å²) in [6.07, 6.45) is 7.68. The van der Waals surface area contributed by atoms with Crippen molar-refractivity contribution in [2.75, 3.05) is 0 Å². The molecular weight excluding hydrogens is 363 g/mol. The molecule has 23 heavy (non-hydrogen) atoms. The predicted molar refractivity (Wildman–Crippen MR) is 106 cm³/mol. The molecule has 0 aromatic heterocycles. The van der Waals surface area contributed by atoms with E-state index in [1.165, 1.54) is 35.0 Å². The molecule has 0 spiro atoms. The van der Waals surface area contributed by atoms with E-state index >= 15 is 0 Å². The minimum absolute atomic E-state index is 0.425. The number of hydrogen-bond donors (Lipinski definition) is 0. The zero-order valence-electron chi connectivity index (χ0n) is 14.1. The van der Waals surface area contributed by atoms with E-state index in [2.05, 4.69) is 80.6 Å². The average Bonchev–Trinajstić information content (AvgIpc) is 2.59. The Morgan fingerprint density at radius 1 is 1.00 bits per heavy atom. The topological polar surface area (TPSA) is 0 Å². The van der Waals surface area contributed by atoms with Crippen LogP contribution in [-0.2, 0) is 0 Å². The van der Waals surface area contributed by atoms with Crippen molar-refractivity contribution >= 4 is 31.2 Å². The monoisotopic (exact) mass is 390 g/mol. The third-order valence-electron chi connectivity index (χ3n) is 3.59. The van der Waals surface area contributed by atoms with Gasteiger partial charge in [0.2, 0.25) is 0 Å². The van der Waals surface area contributed by atoms with Crippen molar-refractivity contribution in [3.63, 3.8) is 0 Å². The van der Waals surface area contributed by atoms with E-state index in [0.29, 0.717) is 20.2 Å². The van der Waals surface area contributed by atoms with E-state index in [1.54, 1.807) is 4.47 Å². The fraction of sp³-hybridized carbons (Fsp3) is 0.333. The predicted octanol–water partition coefficient (Wildman–Crippen LogP) is 5.66. The fourth-order valence-corrected chi connectivity index (χ4v) is 5.76. The standard InChI is InChI=1S/C21H26SSe/c1-3-4-5-12-17-21(23-20-15-10-7-11-16-20)18(2)22-19-13-8-6-9-14-19/h6-11,13-18H,3-5,12H2,1-2H3/b21-17-. The normalized spacial score (nSPS) is 13.0. The molecule has 0 heterocycles. The molecule has 0 bridgehead atoms. The van der Waals surface area contributed by atoms with Crippen LogP contribution in [0.15, 0.2) is 76.1 Å². The van der Waals surface area contributed by atoms with Crippen molar-refractivity contribution in [1.29, 1.82) is 0 Å². The molecule has 0 aliphatic heterocycles. The number of allylic oxidation sites excluding steroid dienone is 1. The first kappa shape index (κ1) is 18.4. The van der Waals surface area contributed by atoms with E-state index in [1.807, 2.05) is 11.8 Å². The average molecular weight is 389 g/mol. The van der Waals surface area contributed by atoms with Crippen LogP contribution in [0, 0.1) is 0 Å². The van der Waals surface area contributed by atoms with Crippen LogP contribution in [-0.4, -0.2) is 20.2 Å². The molecule has 122 valence electrons. The Kier molecular flexibility index (Phi) is 8.60. The molecule has 0 saturated heterocycles. The third kappa shape index (κ3) is 6.99. The number of rotatable bonds is 9. The van der Waals surface area contributed by atoms with Crippen molar-refractivity contribution < 1.29 is 0 Å². The summed E-state index contributed by atoms with van der Waals surface area (Å²) < 4.78 is 3.09. The van der Waals surface area contributed by atoms with Gasteiger partial charge >= 0.3 is 152 Å². The van der Waals surface area contributed by atoms with Crippen LogP contribution in [0.1, 0.15) is 39.5 Å². The summed E-state index contributed by atoms with van der Waals surface area (Å²) in [4.78, 5) is 1.36. The molecule has 0 radical (unpaired) electrons. The molecule has 0 saturated carbocycles.